The summed E-state index contributed by atoms with van der Waals surface area (Å²) in [7, 11) is 8.87. The third kappa shape index (κ3) is 39.1. The summed E-state index contributed by atoms with van der Waals surface area (Å²) in [5.74, 6) is 5.45. The number of likely N-dealkylation sites (tertiary alicyclic amines) is 4. The Bertz CT molecular complexity index is 5500. The number of aliphatic carboxylic acids is 3. The van der Waals surface area contributed by atoms with Crippen LogP contribution in [0.2, 0.25) is 0 Å². The van der Waals surface area contributed by atoms with E-state index in [1.807, 2.05) is 52.5 Å². The van der Waals surface area contributed by atoms with Crippen LogP contribution in [0, 0.1) is 107 Å². The summed E-state index contributed by atoms with van der Waals surface area (Å²) in [4.78, 5) is 157. The van der Waals surface area contributed by atoms with Crippen LogP contribution in [0.15, 0.2) is 73.3 Å². The van der Waals surface area contributed by atoms with Crippen LogP contribution < -0.4 is 21.3 Å². The average Bonchev–Trinajstić information content (AvgIpc) is 1.66. The first kappa shape index (κ1) is 119. The summed E-state index contributed by atoms with van der Waals surface area (Å²) in [5.41, 5.74) is 25.5. The number of anilines is 4. The first-order valence-electron chi connectivity index (χ1n) is 49.2. The van der Waals surface area contributed by atoms with Gasteiger partial charge in [-0.1, -0.05) is 24.3 Å². The van der Waals surface area contributed by atoms with Crippen LogP contribution in [0.5, 0.6) is 0 Å². The third-order valence-electron chi connectivity index (χ3n) is 25.6. The van der Waals surface area contributed by atoms with Gasteiger partial charge in [0.25, 0.3) is 0 Å². The number of hydrogen-bond donors (Lipinski definition) is 17. The molecule has 790 valence electrons. The van der Waals surface area contributed by atoms with Gasteiger partial charge in [0, 0.05) is 51.0 Å². The van der Waals surface area contributed by atoms with E-state index in [9.17, 15) is 14.4 Å². The van der Waals surface area contributed by atoms with Gasteiger partial charge in [0.2, 0.25) is 23.8 Å². The Kier molecular flexibility index (Phi) is 50.4. The number of nitrogens with one attached hydrogen (secondary N) is 8. The number of piperidine rings is 4. The smallest absolute Gasteiger partial charge is 0.373 e. The number of aromatic nitrogens is 16. The molecule has 4 aliphatic rings. The van der Waals surface area contributed by atoms with Crippen molar-refractivity contribution >= 4 is 104 Å². The Hall–Kier alpha value is -13.6. The second-order valence-electron chi connectivity index (χ2n) is 37.6. The molecule has 12 heterocycles. The van der Waals surface area contributed by atoms with E-state index in [0.29, 0.717) is 23.8 Å². The van der Waals surface area contributed by atoms with E-state index in [1.165, 1.54) is 200 Å². The number of rotatable bonds is 30. The fourth-order valence-electron chi connectivity index (χ4n) is 17.5. The van der Waals surface area contributed by atoms with Crippen molar-refractivity contribution in [2.24, 2.45) is 23.7 Å². The van der Waals surface area contributed by atoms with E-state index in [-0.39, 0.29) is 18.5 Å². The highest BCUT2D eigenvalue weighted by Gasteiger charge is 2.24. The molecule has 0 aliphatic carbocycles. The fourth-order valence-corrected chi connectivity index (χ4v) is 17.5. The summed E-state index contributed by atoms with van der Waals surface area (Å²) in [6, 6.07) is 17.2. The van der Waals surface area contributed by atoms with E-state index in [2.05, 4.69) is 233 Å². The van der Waals surface area contributed by atoms with Crippen LogP contribution in [0.4, 0.5) is 23.8 Å². The summed E-state index contributed by atoms with van der Waals surface area (Å²) < 4.78 is 0. The number of benzene rings is 4. The fraction of sp³-hybridized carbons (Fsp3) is 0.519. The first-order valence-corrected chi connectivity index (χ1v) is 49.2. The summed E-state index contributed by atoms with van der Waals surface area (Å²) >= 11 is 0. The topological polar surface area (TPSA) is 615 Å². The molecule has 17 N–H and O–H groups in total. The second-order valence-corrected chi connectivity index (χ2v) is 37.6. The Labute approximate surface area is 850 Å². The van der Waals surface area contributed by atoms with Gasteiger partial charge in [0.1, 0.15) is 23.3 Å². The Morgan fingerprint density at radius 1 is 0.322 bits per heavy atom. The predicted molar refractivity (Wildman–Crippen MR) is 554 cm³/mol. The quantitative estimate of drug-likeness (QED) is 0.0186. The van der Waals surface area contributed by atoms with Gasteiger partial charge in [-0.15, -0.1) is 0 Å². The van der Waals surface area contributed by atoms with Crippen LogP contribution in [0.1, 0.15) is 170 Å². The van der Waals surface area contributed by atoms with E-state index >= 15 is 0 Å². The molecular formula is C104H146N24O18. The lowest BCUT2D eigenvalue weighted by Crippen LogP contribution is -2.30. The van der Waals surface area contributed by atoms with Crippen molar-refractivity contribution in [3.05, 3.63) is 141 Å². The molecule has 0 radical (unpaired) electrons. The van der Waals surface area contributed by atoms with Crippen molar-refractivity contribution in [1.82, 2.24) is 99.3 Å². The van der Waals surface area contributed by atoms with Gasteiger partial charge in [-0.05, 0) is 359 Å². The van der Waals surface area contributed by atoms with Crippen molar-refractivity contribution in [3.8, 4) is 45.6 Å². The Morgan fingerprint density at radius 3 is 0.651 bits per heavy atom. The van der Waals surface area contributed by atoms with E-state index in [1.54, 1.807) is 0 Å². The molecule has 3 atom stereocenters. The number of aliphatic hydroxyl groups excluding tert-OH is 6. The number of aromatic amines is 4. The highest BCUT2D eigenvalue weighted by atomic mass is 16.4. The van der Waals surface area contributed by atoms with Gasteiger partial charge in [-0.3, -0.25) is 0 Å². The molecular weight excluding hydrogens is 1870 g/mol. The molecule has 0 saturated carbocycles. The highest BCUT2D eigenvalue weighted by molar-refractivity contribution is 5.87. The van der Waals surface area contributed by atoms with Crippen molar-refractivity contribution < 1.29 is 89.1 Å². The lowest BCUT2D eigenvalue weighted by atomic mass is 9.92. The molecule has 42 nitrogen and oxygen atoms in total. The van der Waals surface area contributed by atoms with Gasteiger partial charge in [-0.25, -0.2) is 74.2 Å². The lowest BCUT2D eigenvalue weighted by Gasteiger charge is -2.28. The number of imidazole rings is 4. The van der Waals surface area contributed by atoms with E-state index in [0.717, 1.165) is 162 Å². The molecule has 8 aromatic heterocycles. The Balaban J connectivity index is 0.000000240. The van der Waals surface area contributed by atoms with Gasteiger partial charge >= 0.3 is 36.4 Å². The largest absolute Gasteiger partial charge is 0.479 e. The maximum atomic E-state index is 9.52. The van der Waals surface area contributed by atoms with E-state index < -0.39 is 56.0 Å². The maximum Gasteiger partial charge on any atom is 0.373 e. The van der Waals surface area contributed by atoms with Crippen molar-refractivity contribution in [1.29, 1.82) is 0 Å². The molecule has 4 saturated heterocycles. The van der Waals surface area contributed by atoms with Crippen LogP contribution in [-0.2, 0) is 43.2 Å². The number of carbonyl (C=O) groups excluding carboxylic acids is 6. The predicted octanol–water partition coefficient (Wildman–Crippen LogP) is 11.4. The van der Waals surface area contributed by atoms with Crippen molar-refractivity contribution in [2.45, 2.75) is 204 Å². The van der Waals surface area contributed by atoms with Gasteiger partial charge in [0.15, 0.2) is 18.3 Å². The molecule has 0 unspecified atom stereocenters. The van der Waals surface area contributed by atoms with Gasteiger partial charge in [-0.2, -0.15) is 28.8 Å². The number of H-pyrrole nitrogens is 4. The van der Waals surface area contributed by atoms with Gasteiger partial charge < -0.3 is 107 Å². The summed E-state index contributed by atoms with van der Waals surface area (Å²) in [5, 5.41) is 84.8. The second kappa shape index (κ2) is 61.7. The SMILES string of the molecule is Cc1cc(C)c2nc(-c3cnc(NCCCC4CCN(C)CC4)nc3C)[nH]c2c1.Cc1cc(C)c2nc(-c3cnc(NCCCC4CCN(C)CC4)nc3C)[nH]c2c1.Cc1cc(C)c2nc(-c3cnc(NCCCC4CCN(C)CC4)nc3C)[nH]c2c1.Cc1cc(C)c2nc(-c3cnc(NCCCC4CCN(C)CC4)nc3C)[nH]c2c1.O=C(O)[C@H](O)CO.O=C(O)[C@H](O)CO.O=C(O)[C@H](O)CO.O=C=O.O=C=O.O=C=O. The molecule has 42 heteroatoms. The number of carboxylic acids is 3. The van der Waals surface area contributed by atoms with Crippen LogP contribution in [0.25, 0.3) is 89.7 Å². The third-order valence-corrected chi connectivity index (χ3v) is 25.6. The molecule has 12 aromatic rings. The zero-order valence-electron chi connectivity index (χ0n) is 86.7. The minimum Gasteiger partial charge on any atom is -0.479 e. The summed E-state index contributed by atoms with van der Waals surface area (Å²) in [6.07, 6.45) is 23.8. The molecule has 4 fully saturated rings. The average molecular weight is 2020 g/mol. The van der Waals surface area contributed by atoms with Gasteiger partial charge in [0.05, 0.1) is 109 Å². The Morgan fingerprint density at radius 2 is 0.500 bits per heavy atom. The molecule has 0 amide bonds. The summed E-state index contributed by atoms with van der Waals surface area (Å²) in [6.45, 7) is 36.3. The number of aliphatic hydroxyl groups is 6. The number of carboxylic acid groups (broad SMARTS) is 3. The van der Waals surface area contributed by atoms with Crippen LogP contribution in [-0.4, -0.2) is 327 Å². The number of nitrogens with zero attached hydrogens (tertiary/aromatic N) is 16. The van der Waals surface area contributed by atoms with Crippen molar-refractivity contribution in [2.75, 3.05) is 148 Å². The van der Waals surface area contributed by atoms with Crippen molar-refractivity contribution in [3.63, 3.8) is 0 Å². The highest BCUT2D eigenvalue weighted by Crippen LogP contribution is 2.33. The zero-order chi connectivity index (χ0) is 107. The van der Waals surface area contributed by atoms with Crippen LogP contribution >= 0.6 is 0 Å². The first-order chi connectivity index (χ1) is 69.7. The molecule has 4 aliphatic heterocycles. The molecule has 0 bridgehead atoms. The maximum absolute atomic E-state index is 9.52. The lowest BCUT2D eigenvalue weighted by molar-refractivity contribution is -0.193. The molecule has 146 heavy (non-hydrogen) atoms. The molecule has 0 spiro atoms. The number of carbonyl (C=O) groups is 3. The molecule has 4 aromatic carbocycles. The van der Waals surface area contributed by atoms with E-state index in [4.69, 9.17) is 94.7 Å². The standard InChI is InChI=1S/4C23H32N6.3C3H6O4.3CO2/c4*1-15-12-16(2)21-20(13-15)27-22(28-21)19-14-25-23(26-17(19)3)24-9-5-6-18-7-10-29(4)11-8-18;3*4-1-2(5)3(6)7;3*2-1-3/h4*12-14,18H,5-11H2,1-4H3,(H,27,28)(H,24,25,26);3*2,4-5H,1H2,(H,6,7);;;/t;;;;3*2-;;;/m....111.../s1. The minimum atomic E-state index is -1.63. The normalized spacial score (nSPS) is 14.7. The number of aryl methyl sites for hydroxylation is 12. The monoisotopic (exact) mass is 2020 g/mol. The number of fused-ring (bicyclic) bond motifs is 4. The van der Waals surface area contributed by atoms with Crippen LogP contribution in [0.3, 0.4) is 0 Å². The zero-order valence-corrected chi connectivity index (χ0v) is 86.7. The number of hydrogen-bond acceptors (Lipinski definition) is 35. The molecule has 16 rings (SSSR count). The minimum absolute atomic E-state index is 0.250.